The minimum atomic E-state index is -1.02. The van der Waals surface area contributed by atoms with Gasteiger partial charge < -0.3 is 10.4 Å². The smallest absolute Gasteiger partial charge is 0.329 e. The van der Waals surface area contributed by atoms with E-state index in [0.717, 1.165) is 11.3 Å². The van der Waals surface area contributed by atoms with Gasteiger partial charge in [-0.2, -0.15) is 0 Å². The van der Waals surface area contributed by atoms with Gasteiger partial charge in [0.2, 0.25) is 5.91 Å². The standard InChI is InChI=1S/C12H14N2O3S/c15-10(8-18-9-2-6-13-7-3-9)14-12(11(16)17)4-1-5-12/h2-3,6-7H,1,4-5,8H2,(H,14,15)(H,16,17). The number of amides is 1. The molecule has 0 bridgehead atoms. The monoisotopic (exact) mass is 266 g/mol. The van der Waals surface area contributed by atoms with Gasteiger partial charge in [-0.1, -0.05) is 0 Å². The number of thioether (sulfide) groups is 1. The van der Waals surface area contributed by atoms with Gasteiger partial charge in [0.05, 0.1) is 5.75 Å². The molecule has 1 aliphatic carbocycles. The number of rotatable bonds is 5. The molecule has 1 amide bonds. The minimum absolute atomic E-state index is 0.221. The second-order valence-corrected chi connectivity index (χ2v) is 5.31. The average Bonchev–Trinajstić information content (AvgIpc) is 2.32. The molecule has 2 N–H and O–H groups in total. The lowest BCUT2D eigenvalue weighted by atomic mass is 9.77. The minimum Gasteiger partial charge on any atom is -0.480 e. The maximum atomic E-state index is 11.7. The highest BCUT2D eigenvalue weighted by atomic mass is 32.2. The van der Waals surface area contributed by atoms with Crippen molar-refractivity contribution in [2.24, 2.45) is 0 Å². The highest BCUT2D eigenvalue weighted by molar-refractivity contribution is 8.00. The van der Waals surface area contributed by atoms with Crippen LogP contribution >= 0.6 is 11.8 Å². The summed E-state index contributed by atoms with van der Waals surface area (Å²) in [6.07, 6.45) is 5.21. The molecular formula is C12H14N2O3S. The summed E-state index contributed by atoms with van der Waals surface area (Å²) in [5.74, 6) is -0.950. The first-order valence-electron chi connectivity index (χ1n) is 5.70. The molecule has 0 radical (unpaired) electrons. The maximum Gasteiger partial charge on any atom is 0.329 e. The van der Waals surface area contributed by atoms with Crippen molar-refractivity contribution in [3.63, 3.8) is 0 Å². The van der Waals surface area contributed by atoms with Gasteiger partial charge >= 0.3 is 5.97 Å². The first-order valence-corrected chi connectivity index (χ1v) is 6.68. The second-order valence-electron chi connectivity index (χ2n) is 4.26. The summed E-state index contributed by atoms with van der Waals surface area (Å²) in [5, 5.41) is 11.7. The maximum absolute atomic E-state index is 11.7. The van der Waals surface area contributed by atoms with Crippen LogP contribution < -0.4 is 5.32 Å². The fraction of sp³-hybridized carbons (Fsp3) is 0.417. The van der Waals surface area contributed by atoms with Crippen LogP contribution in [0.1, 0.15) is 19.3 Å². The summed E-state index contributed by atoms with van der Waals surface area (Å²) in [6.45, 7) is 0. The first kappa shape index (κ1) is 12.9. The van der Waals surface area contributed by atoms with E-state index >= 15 is 0 Å². The first-order chi connectivity index (χ1) is 8.62. The van der Waals surface area contributed by atoms with E-state index in [1.807, 2.05) is 12.1 Å². The molecule has 6 heteroatoms. The van der Waals surface area contributed by atoms with Crippen molar-refractivity contribution in [1.82, 2.24) is 10.3 Å². The topological polar surface area (TPSA) is 79.3 Å². The fourth-order valence-corrected chi connectivity index (χ4v) is 2.49. The van der Waals surface area contributed by atoms with E-state index in [-0.39, 0.29) is 11.7 Å². The molecule has 0 spiro atoms. The molecule has 1 aliphatic rings. The molecule has 1 aromatic heterocycles. The van der Waals surface area contributed by atoms with E-state index in [4.69, 9.17) is 5.11 Å². The Morgan fingerprint density at radius 2 is 2.06 bits per heavy atom. The van der Waals surface area contributed by atoms with E-state index in [1.165, 1.54) is 11.8 Å². The molecule has 1 saturated carbocycles. The van der Waals surface area contributed by atoms with Crippen LogP contribution in [-0.2, 0) is 9.59 Å². The van der Waals surface area contributed by atoms with Crippen molar-refractivity contribution >= 4 is 23.6 Å². The van der Waals surface area contributed by atoms with Crippen LogP contribution in [0.4, 0.5) is 0 Å². The molecule has 5 nitrogen and oxygen atoms in total. The molecule has 0 saturated heterocycles. The number of carboxylic acids is 1. The Morgan fingerprint density at radius 1 is 1.39 bits per heavy atom. The quantitative estimate of drug-likeness (QED) is 0.785. The number of nitrogens with zero attached hydrogens (tertiary/aromatic N) is 1. The highest BCUT2D eigenvalue weighted by Crippen LogP contribution is 2.32. The van der Waals surface area contributed by atoms with Gasteiger partial charge in [0.15, 0.2) is 0 Å². The van der Waals surface area contributed by atoms with Crippen LogP contribution in [0, 0.1) is 0 Å². The van der Waals surface area contributed by atoms with Crippen molar-refractivity contribution in [3.05, 3.63) is 24.5 Å². The molecule has 1 heterocycles. The highest BCUT2D eigenvalue weighted by Gasteiger charge is 2.45. The zero-order valence-electron chi connectivity index (χ0n) is 9.76. The molecule has 0 aromatic carbocycles. The number of nitrogens with one attached hydrogen (secondary N) is 1. The van der Waals surface area contributed by atoms with Crippen molar-refractivity contribution in [2.45, 2.75) is 29.7 Å². The van der Waals surface area contributed by atoms with Crippen LogP contribution in [0.5, 0.6) is 0 Å². The van der Waals surface area contributed by atoms with E-state index in [0.29, 0.717) is 12.8 Å². The number of aliphatic carboxylic acids is 1. The molecule has 1 aromatic rings. The molecule has 18 heavy (non-hydrogen) atoms. The summed E-state index contributed by atoms with van der Waals surface area (Å²) in [6, 6.07) is 3.63. The molecule has 0 unspecified atom stereocenters. The zero-order chi connectivity index (χ0) is 13.0. The second kappa shape index (κ2) is 5.39. The van der Waals surface area contributed by atoms with Crippen LogP contribution in [-0.4, -0.2) is 33.3 Å². The Bertz CT molecular complexity index is 446. The molecule has 0 aliphatic heterocycles. The molecule has 0 atom stereocenters. The Kier molecular flexibility index (Phi) is 3.86. The molecule has 2 rings (SSSR count). The number of pyridine rings is 1. The van der Waals surface area contributed by atoms with Crippen LogP contribution in [0.25, 0.3) is 0 Å². The van der Waals surface area contributed by atoms with Gasteiger partial charge in [0, 0.05) is 17.3 Å². The van der Waals surface area contributed by atoms with Crippen molar-refractivity contribution in [1.29, 1.82) is 0 Å². The predicted octanol–water partition coefficient (Wildman–Crippen LogP) is 1.30. The Hall–Kier alpha value is -1.56. The Morgan fingerprint density at radius 3 is 2.56 bits per heavy atom. The van der Waals surface area contributed by atoms with Crippen molar-refractivity contribution < 1.29 is 14.7 Å². The number of carbonyl (C=O) groups excluding carboxylic acids is 1. The van der Waals surface area contributed by atoms with Gasteiger partial charge in [-0.05, 0) is 31.4 Å². The summed E-state index contributed by atoms with van der Waals surface area (Å²) in [4.78, 5) is 27.6. The summed E-state index contributed by atoms with van der Waals surface area (Å²) >= 11 is 1.37. The van der Waals surface area contributed by atoms with Crippen LogP contribution in [0.2, 0.25) is 0 Å². The average molecular weight is 266 g/mol. The van der Waals surface area contributed by atoms with Crippen molar-refractivity contribution in [2.75, 3.05) is 5.75 Å². The van der Waals surface area contributed by atoms with Crippen LogP contribution in [0.3, 0.4) is 0 Å². The zero-order valence-corrected chi connectivity index (χ0v) is 10.6. The van der Waals surface area contributed by atoms with Gasteiger partial charge in [-0.15, -0.1) is 11.8 Å². The number of carboxylic acid groups (broad SMARTS) is 1. The number of hydrogen-bond acceptors (Lipinski definition) is 4. The van der Waals surface area contributed by atoms with E-state index in [9.17, 15) is 9.59 Å². The van der Waals surface area contributed by atoms with E-state index in [1.54, 1.807) is 12.4 Å². The van der Waals surface area contributed by atoms with E-state index < -0.39 is 11.5 Å². The normalized spacial score (nSPS) is 16.7. The predicted molar refractivity (Wildman–Crippen MR) is 67.3 cm³/mol. The molecular weight excluding hydrogens is 252 g/mol. The third-order valence-corrected chi connectivity index (χ3v) is 4.03. The number of carbonyl (C=O) groups is 2. The number of aromatic nitrogens is 1. The SMILES string of the molecule is O=C(CSc1ccncc1)NC1(C(=O)O)CCC1. The molecule has 96 valence electrons. The lowest BCUT2D eigenvalue weighted by Gasteiger charge is -2.38. The summed E-state index contributed by atoms with van der Waals surface area (Å²) in [5.41, 5.74) is -1.02. The van der Waals surface area contributed by atoms with Crippen molar-refractivity contribution in [3.8, 4) is 0 Å². The molecule has 1 fully saturated rings. The van der Waals surface area contributed by atoms with Gasteiger partial charge in [-0.25, -0.2) is 4.79 Å². The van der Waals surface area contributed by atoms with E-state index in [2.05, 4.69) is 10.3 Å². The Labute approximate surface area is 109 Å². The van der Waals surface area contributed by atoms with Crippen LogP contribution in [0.15, 0.2) is 29.4 Å². The largest absolute Gasteiger partial charge is 0.480 e. The lowest BCUT2D eigenvalue weighted by molar-refractivity contribution is -0.151. The summed E-state index contributed by atoms with van der Waals surface area (Å²) < 4.78 is 0. The van der Waals surface area contributed by atoms with Gasteiger partial charge in [-0.3, -0.25) is 9.78 Å². The third kappa shape index (κ3) is 2.81. The Balaban J connectivity index is 1.84. The lowest BCUT2D eigenvalue weighted by Crippen LogP contribution is -2.59. The third-order valence-electron chi connectivity index (χ3n) is 3.01. The van der Waals surface area contributed by atoms with Gasteiger partial charge in [0.25, 0.3) is 0 Å². The fourth-order valence-electron chi connectivity index (χ4n) is 1.81. The van der Waals surface area contributed by atoms with Gasteiger partial charge in [0.1, 0.15) is 5.54 Å². The number of hydrogen-bond donors (Lipinski definition) is 2. The summed E-state index contributed by atoms with van der Waals surface area (Å²) in [7, 11) is 0.